The number of likely N-dealkylation sites (N-methyl/N-ethyl adjacent to an activating group) is 2. The molecule has 1 saturated carbocycles. The van der Waals surface area contributed by atoms with Gasteiger partial charge in [-0.2, -0.15) is 0 Å². The van der Waals surface area contributed by atoms with Crippen molar-refractivity contribution in [1.29, 1.82) is 0 Å². The normalized spacial score (nSPS) is 22.6. The maximum Gasteiger partial charge on any atom is 0.0330 e. The molecule has 0 spiro atoms. The van der Waals surface area contributed by atoms with Crippen molar-refractivity contribution in [1.82, 2.24) is 9.80 Å². The summed E-state index contributed by atoms with van der Waals surface area (Å²) >= 11 is 0. The zero-order valence-electron chi connectivity index (χ0n) is 12.4. The van der Waals surface area contributed by atoms with Crippen molar-refractivity contribution in [2.45, 2.75) is 57.0 Å². The molecular formula is C14H31N3. The molecule has 0 amide bonds. The Morgan fingerprint density at radius 3 is 2.18 bits per heavy atom. The van der Waals surface area contributed by atoms with Crippen LogP contribution in [0.15, 0.2) is 0 Å². The average Bonchev–Trinajstić information content (AvgIpc) is 2.09. The minimum absolute atomic E-state index is 0.0409. The highest BCUT2D eigenvalue weighted by molar-refractivity contribution is 4.98. The molecule has 102 valence electrons. The lowest BCUT2D eigenvalue weighted by atomic mass is 9.75. The van der Waals surface area contributed by atoms with E-state index in [9.17, 15) is 0 Å². The summed E-state index contributed by atoms with van der Waals surface area (Å²) in [5.41, 5.74) is 6.70. The van der Waals surface area contributed by atoms with Crippen LogP contribution in [0.3, 0.4) is 0 Å². The SMILES string of the molecule is CCCC(C)(N)CN(C)CC1(N(C)C)CCC1. The van der Waals surface area contributed by atoms with Crippen LogP contribution in [0.1, 0.15) is 46.0 Å². The highest BCUT2D eigenvalue weighted by atomic mass is 15.2. The summed E-state index contributed by atoms with van der Waals surface area (Å²) in [4.78, 5) is 4.83. The van der Waals surface area contributed by atoms with Gasteiger partial charge in [0.2, 0.25) is 0 Å². The van der Waals surface area contributed by atoms with E-state index in [1.165, 1.54) is 25.7 Å². The summed E-state index contributed by atoms with van der Waals surface area (Å²) in [5, 5.41) is 0. The van der Waals surface area contributed by atoms with Crippen LogP contribution in [0.25, 0.3) is 0 Å². The van der Waals surface area contributed by atoms with Gasteiger partial charge in [-0.15, -0.1) is 0 Å². The van der Waals surface area contributed by atoms with E-state index in [1.54, 1.807) is 0 Å². The lowest BCUT2D eigenvalue weighted by Gasteiger charge is -2.50. The Morgan fingerprint density at radius 1 is 1.24 bits per heavy atom. The van der Waals surface area contributed by atoms with Gasteiger partial charge in [0.1, 0.15) is 0 Å². The third-order valence-corrected chi connectivity index (χ3v) is 4.25. The van der Waals surface area contributed by atoms with Gasteiger partial charge in [0.25, 0.3) is 0 Å². The fourth-order valence-electron chi connectivity index (χ4n) is 3.16. The highest BCUT2D eigenvalue weighted by Gasteiger charge is 2.40. The van der Waals surface area contributed by atoms with E-state index in [0.29, 0.717) is 5.54 Å². The molecule has 17 heavy (non-hydrogen) atoms. The lowest BCUT2D eigenvalue weighted by Crippen LogP contribution is -2.59. The molecule has 0 saturated heterocycles. The predicted molar refractivity (Wildman–Crippen MR) is 75.3 cm³/mol. The topological polar surface area (TPSA) is 32.5 Å². The molecule has 1 rings (SSSR count). The summed E-state index contributed by atoms with van der Waals surface area (Å²) in [5.74, 6) is 0. The number of nitrogens with zero attached hydrogens (tertiary/aromatic N) is 2. The third kappa shape index (κ3) is 3.94. The van der Waals surface area contributed by atoms with E-state index in [0.717, 1.165) is 19.5 Å². The van der Waals surface area contributed by atoms with Crippen molar-refractivity contribution in [2.75, 3.05) is 34.2 Å². The van der Waals surface area contributed by atoms with Gasteiger partial charge in [-0.1, -0.05) is 13.3 Å². The molecule has 0 heterocycles. The number of hydrogen-bond donors (Lipinski definition) is 1. The van der Waals surface area contributed by atoms with Gasteiger partial charge < -0.3 is 15.5 Å². The van der Waals surface area contributed by atoms with E-state index < -0.39 is 0 Å². The molecule has 3 heteroatoms. The Morgan fingerprint density at radius 2 is 1.82 bits per heavy atom. The first kappa shape index (κ1) is 14.9. The fourth-order valence-corrected chi connectivity index (χ4v) is 3.16. The zero-order chi connectivity index (χ0) is 13.1. The summed E-state index contributed by atoms with van der Waals surface area (Å²) in [6, 6.07) is 0. The molecule has 0 bridgehead atoms. The van der Waals surface area contributed by atoms with Gasteiger partial charge in [0.05, 0.1) is 0 Å². The lowest BCUT2D eigenvalue weighted by molar-refractivity contribution is 0.0227. The number of nitrogens with two attached hydrogens (primary N) is 1. The van der Waals surface area contributed by atoms with Gasteiger partial charge in [0.15, 0.2) is 0 Å². The molecule has 0 aromatic rings. The smallest absolute Gasteiger partial charge is 0.0330 e. The molecule has 1 unspecified atom stereocenters. The summed E-state index contributed by atoms with van der Waals surface area (Å²) in [6.07, 6.45) is 6.31. The first-order valence-corrected chi connectivity index (χ1v) is 6.96. The maximum absolute atomic E-state index is 6.33. The molecule has 1 atom stereocenters. The molecule has 1 aliphatic carbocycles. The van der Waals surface area contributed by atoms with Crippen LogP contribution in [0.2, 0.25) is 0 Å². The van der Waals surface area contributed by atoms with E-state index in [-0.39, 0.29) is 5.54 Å². The second kappa shape index (κ2) is 5.68. The Bertz CT molecular complexity index is 232. The Labute approximate surface area is 107 Å². The largest absolute Gasteiger partial charge is 0.324 e. The fraction of sp³-hybridized carbons (Fsp3) is 1.00. The van der Waals surface area contributed by atoms with Crippen LogP contribution >= 0.6 is 0 Å². The van der Waals surface area contributed by atoms with E-state index >= 15 is 0 Å². The van der Waals surface area contributed by atoms with Gasteiger partial charge in [-0.05, 0) is 53.8 Å². The van der Waals surface area contributed by atoms with Crippen molar-refractivity contribution in [2.24, 2.45) is 5.73 Å². The van der Waals surface area contributed by atoms with Gasteiger partial charge in [-0.25, -0.2) is 0 Å². The van der Waals surface area contributed by atoms with Crippen LogP contribution < -0.4 is 5.73 Å². The molecular weight excluding hydrogens is 210 g/mol. The third-order valence-electron chi connectivity index (χ3n) is 4.25. The number of hydrogen-bond acceptors (Lipinski definition) is 3. The second-order valence-electron chi connectivity index (χ2n) is 6.55. The standard InChI is InChI=1S/C14H31N3/c1-6-8-13(2,15)11-17(5)12-14(16(3)4)9-7-10-14/h6-12,15H2,1-5H3. The van der Waals surface area contributed by atoms with Crippen molar-refractivity contribution in [3.63, 3.8) is 0 Å². The molecule has 0 aliphatic heterocycles. The van der Waals surface area contributed by atoms with Gasteiger partial charge >= 0.3 is 0 Å². The summed E-state index contributed by atoms with van der Waals surface area (Å²) in [7, 11) is 6.63. The van der Waals surface area contributed by atoms with Crippen molar-refractivity contribution in [3.05, 3.63) is 0 Å². The molecule has 3 nitrogen and oxygen atoms in total. The van der Waals surface area contributed by atoms with E-state index in [1.807, 2.05) is 0 Å². The van der Waals surface area contributed by atoms with Crippen LogP contribution in [0.4, 0.5) is 0 Å². The first-order chi connectivity index (χ1) is 7.81. The van der Waals surface area contributed by atoms with E-state index in [4.69, 9.17) is 5.73 Å². The van der Waals surface area contributed by atoms with Gasteiger partial charge in [0, 0.05) is 24.2 Å². The molecule has 0 radical (unpaired) electrons. The second-order valence-corrected chi connectivity index (χ2v) is 6.55. The highest BCUT2D eigenvalue weighted by Crippen LogP contribution is 2.36. The molecule has 0 aromatic carbocycles. The van der Waals surface area contributed by atoms with Crippen molar-refractivity contribution < 1.29 is 0 Å². The van der Waals surface area contributed by atoms with Crippen LogP contribution in [0.5, 0.6) is 0 Å². The Kier molecular flexibility index (Phi) is 4.99. The average molecular weight is 241 g/mol. The van der Waals surface area contributed by atoms with Gasteiger partial charge in [-0.3, -0.25) is 0 Å². The van der Waals surface area contributed by atoms with Crippen LogP contribution in [-0.2, 0) is 0 Å². The molecule has 1 fully saturated rings. The van der Waals surface area contributed by atoms with Crippen LogP contribution in [0, 0.1) is 0 Å². The predicted octanol–water partition coefficient (Wildman–Crippen LogP) is 1.92. The first-order valence-electron chi connectivity index (χ1n) is 6.96. The summed E-state index contributed by atoms with van der Waals surface area (Å²) in [6.45, 7) is 6.53. The maximum atomic E-state index is 6.33. The Hall–Kier alpha value is -0.120. The van der Waals surface area contributed by atoms with Crippen molar-refractivity contribution in [3.8, 4) is 0 Å². The van der Waals surface area contributed by atoms with Crippen LogP contribution in [-0.4, -0.2) is 55.1 Å². The zero-order valence-corrected chi connectivity index (χ0v) is 12.4. The molecule has 2 N–H and O–H groups in total. The number of rotatable bonds is 7. The minimum Gasteiger partial charge on any atom is -0.324 e. The minimum atomic E-state index is -0.0409. The quantitative estimate of drug-likeness (QED) is 0.739. The Balaban J connectivity index is 2.46. The summed E-state index contributed by atoms with van der Waals surface area (Å²) < 4.78 is 0. The molecule has 0 aromatic heterocycles. The molecule has 1 aliphatic rings. The van der Waals surface area contributed by atoms with E-state index in [2.05, 4.69) is 44.8 Å². The monoisotopic (exact) mass is 241 g/mol. The van der Waals surface area contributed by atoms with Crippen molar-refractivity contribution >= 4 is 0 Å².